The normalized spacial score (nSPS) is 17.0. The lowest BCUT2D eigenvalue weighted by atomic mass is 9.98. The topological polar surface area (TPSA) is 74.8 Å². The van der Waals surface area contributed by atoms with E-state index in [-0.39, 0.29) is 5.78 Å². The van der Waals surface area contributed by atoms with E-state index in [1.165, 1.54) is 17.5 Å². The third-order valence-electron chi connectivity index (χ3n) is 5.53. The van der Waals surface area contributed by atoms with Crippen LogP contribution in [-0.4, -0.2) is 38.0 Å². The summed E-state index contributed by atoms with van der Waals surface area (Å²) in [7, 11) is 0. The van der Waals surface area contributed by atoms with E-state index >= 15 is 0 Å². The van der Waals surface area contributed by atoms with Crippen molar-refractivity contribution < 1.29 is 4.79 Å². The minimum atomic E-state index is 0.237. The summed E-state index contributed by atoms with van der Waals surface area (Å²) in [6.07, 6.45) is 8.84. The standard InChI is InChI=1S/C21H21N5OS/c27-17(6-5-14-9-15-3-1-2-4-16(15)10-14)18-11-26(7-8-28-18)21-19-20(23-12-22-19)24-13-25-21/h1-4,11-14H,5-10H2,(H,22,23,24,25). The summed E-state index contributed by atoms with van der Waals surface area (Å²) in [5, 5.41) is 0. The molecule has 142 valence electrons. The molecule has 2 aliphatic rings. The lowest BCUT2D eigenvalue weighted by Crippen LogP contribution is -2.26. The number of Topliss-reactive ketones (excluding diaryl/α,β-unsaturated/α-hetero) is 1. The first kappa shape index (κ1) is 17.4. The number of allylic oxidation sites excluding steroid dienone is 1. The Kier molecular flexibility index (Phi) is 4.60. The highest BCUT2D eigenvalue weighted by Gasteiger charge is 2.24. The van der Waals surface area contributed by atoms with Gasteiger partial charge in [0.1, 0.15) is 11.8 Å². The predicted molar refractivity (Wildman–Crippen MR) is 111 cm³/mol. The third-order valence-corrected chi connectivity index (χ3v) is 6.56. The monoisotopic (exact) mass is 391 g/mol. The number of aromatic nitrogens is 4. The number of aromatic amines is 1. The number of hydrogen-bond donors (Lipinski definition) is 1. The van der Waals surface area contributed by atoms with Crippen LogP contribution in [0.2, 0.25) is 0 Å². The highest BCUT2D eigenvalue weighted by molar-refractivity contribution is 8.04. The zero-order chi connectivity index (χ0) is 18.9. The molecule has 0 fully saturated rings. The summed E-state index contributed by atoms with van der Waals surface area (Å²) in [5.74, 6) is 2.46. The molecule has 5 rings (SSSR count). The van der Waals surface area contributed by atoms with E-state index in [0.29, 0.717) is 18.0 Å². The number of fused-ring (bicyclic) bond motifs is 2. The molecule has 28 heavy (non-hydrogen) atoms. The van der Waals surface area contributed by atoms with Crippen LogP contribution in [0.3, 0.4) is 0 Å². The Morgan fingerprint density at radius 1 is 1.18 bits per heavy atom. The van der Waals surface area contributed by atoms with Crippen molar-refractivity contribution in [3.05, 3.63) is 59.2 Å². The minimum absolute atomic E-state index is 0.237. The fourth-order valence-corrected chi connectivity index (χ4v) is 5.07. The molecule has 1 aliphatic heterocycles. The molecule has 0 bridgehead atoms. The largest absolute Gasteiger partial charge is 0.340 e. The van der Waals surface area contributed by atoms with Crippen LogP contribution in [0.4, 0.5) is 5.82 Å². The first-order valence-corrected chi connectivity index (χ1v) is 10.6. The van der Waals surface area contributed by atoms with Gasteiger partial charge in [0.15, 0.2) is 17.2 Å². The van der Waals surface area contributed by atoms with Gasteiger partial charge in [0.2, 0.25) is 0 Å². The highest BCUT2D eigenvalue weighted by Crippen LogP contribution is 2.32. The van der Waals surface area contributed by atoms with E-state index in [2.05, 4.69) is 44.2 Å². The van der Waals surface area contributed by atoms with Crippen LogP contribution in [-0.2, 0) is 17.6 Å². The summed E-state index contributed by atoms with van der Waals surface area (Å²) in [6.45, 7) is 0.810. The van der Waals surface area contributed by atoms with Gasteiger partial charge in [-0.25, -0.2) is 15.0 Å². The van der Waals surface area contributed by atoms with Crippen LogP contribution in [0, 0.1) is 5.92 Å². The number of hydrogen-bond acceptors (Lipinski definition) is 6. The Balaban J connectivity index is 1.27. The van der Waals surface area contributed by atoms with Gasteiger partial charge in [-0.2, -0.15) is 0 Å². The number of benzene rings is 1. The molecule has 2 aromatic heterocycles. The molecular weight excluding hydrogens is 370 g/mol. The van der Waals surface area contributed by atoms with Crippen LogP contribution >= 0.6 is 11.8 Å². The molecule has 3 heterocycles. The number of imidazole rings is 1. The Morgan fingerprint density at radius 2 is 2.00 bits per heavy atom. The first-order valence-electron chi connectivity index (χ1n) is 9.63. The van der Waals surface area contributed by atoms with E-state index in [4.69, 9.17) is 0 Å². The molecule has 0 radical (unpaired) electrons. The van der Waals surface area contributed by atoms with Crippen molar-refractivity contribution in [2.75, 3.05) is 17.2 Å². The van der Waals surface area contributed by atoms with Crippen molar-refractivity contribution in [3.8, 4) is 0 Å². The number of nitrogens with zero attached hydrogens (tertiary/aromatic N) is 4. The molecule has 0 atom stereocenters. The van der Waals surface area contributed by atoms with Crippen LogP contribution in [0.25, 0.3) is 11.2 Å². The molecule has 1 aromatic carbocycles. The van der Waals surface area contributed by atoms with E-state index in [1.54, 1.807) is 18.1 Å². The minimum Gasteiger partial charge on any atom is -0.340 e. The molecule has 7 heteroatoms. The van der Waals surface area contributed by atoms with Gasteiger partial charge < -0.3 is 9.88 Å². The molecule has 0 unspecified atom stereocenters. The second kappa shape index (κ2) is 7.39. The van der Waals surface area contributed by atoms with Gasteiger partial charge in [0.05, 0.1) is 11.2 Å². The summed E-state index contributed by atoms with van der Waals surface area (Å²) in [6, 6.07) is 8.64. The number of rotatable bonds is 5. The molecule has 0 saturated carbocycles. The first-order chi connectivity index (χ1) is 13.8. The van der Waals surface area contributed by atoms with Crippen molar-refractivity contribution in [1.82, 2.24) is 19.9 Å². The maximum absolute atomic E-state index is 12.8. The van der Waals surface area contributed by atoms with Gasteiger partial charge in [-0.1, -0.05) is 24.3 Å². The van der Waals surface area contributed by atoms with Crippen LogP contribution in [0.5, 0.6) is 0 Å². The molecule has 0 spiro atoms. The zero-order valence-electron chi connectivity index (χ0n) is 15.5. The van der Waals surface area contributed by atoms with E-state index in [0.717, 1.165) is 47.8 Å². The van der Waals surface area contributed by atoms with E-state index < -0.39 is 0 Å². The smallest absolute Gasteiger partial charge is 0.182 e. The Hall–Kier alpha value is -2.67. The van der Waals surface area contributed by atoms with Crippen LogP contribution in [0.15, 0.2) is 48.0 Å². The summed E-state index contributed by atoms with van der Waals surface area (Å²) in [5.41, 5.74) is 4.35. The number of carbonyl (C=O) groups excluding carboxylic acids is 1. The van der Waals surface area contributed by atoms with E-state index in [1.807, 2.05) is 11.1 Å². The third kappa shape index (κ3) is 3.30. The lowest BCUT2D eigenvalue weighted by Gasteiger charge is -2.25. The number of carbonyl (C=O) groups is 1. The van der Waals surface area contributed by atoms with Crippen LogP contribution in [0.1, 0.15) is 24.0 Å². The SMILES string of the molecule is O=C(CCC1Cc2ccccc2C1)C1=CN(c2ncnc3nc[nH]c23)CCS1. The quantitative estimate of drug-likeness (QED) is 0.717. The number of H-pyrrole nitrogens is 1. The van der Waals surface area contributed by atoms with Crippen molar-refractivity contribution in [2.45, 2.75) is 25.7 Å². The molecule has 3 aromatic rings. The van der Waals surface area contributed by atoms with Crippen LogP contribution < -0.4 is 4.90 Å². The average Bonchev–Trinajstić information content (AvgIpc) is 3.38. The summed E-state index contributed by atoms with van der Waals surface area (Å²) >= 11 is 1.65. The van der Waals surface area contributed by atoms with Crippen molar-refractivity contribution >= 4 is 34.5 Å². The molecule has 6 nitrogen and oxygen atoms in total. The molecule has 1 N–H and O–H groups in total. The molecule has 0 amide bonds. The Morgan fingerprint density at radius 3 is 2.82 bits per heavy atom. The van der Waals surface area contributed by atoms with Gasteiger partial charge in [-0.15, -0.1) is 11.8 Å². The Labute approximate surface area is 167 Å². The Bertz CT molecular complexity index is 1030. The maximum atomic E-state index is 12.8. The zero-order valence-corrected chi connectivity index (χ0v) is 16.3. The van der Waals surface area contributed by atoms with E-state index in [9.17, 15) is 4.79 Å². The van der Waals surface area contributed by atoms with Gasteiger partial charge >= 0.3 is 0 Å². The molecule has 0 saturated heterocycles. The average molecular weight is 392 g/mol. The molecular formula is C21H21N5OS. The van der Waals surface area contributed by atoms with Crippen molar-refractivity contribution in [2.24, 2.45) is 5.92 Å². The van der Waals surface area contributed by atoms with Gasteiger partial charge in [-0.3, -0.25) is 4.79 Å². The number of thioether (sulfide) groups is 1. The fourth-order valence-electron chi connectivity index (χ4n) is 4.10. The lowest BCUT2D eigenvalue weighted by molar-refractivity contribution is -0.115. The number of nitrogens with one attached hydrogen (secondary N) is 1. The second-order valence-corrected chi connectivity index (χ2v) is 8.48. The second-order valence-electron chi connectivity index (χ2n) is 7.34. The number of anilines is 1. The van der Waals surface area contributed by atoms with Gasteiger partial charge in [-0.05, 0) is 36.3 Å². The van der Waals surface area contributed by atoms with Crippen molar-refractivity contribution in [3.63, 3.8) is 0 Å². The summed E-state index contributed by atoms with van der Waals surface area (Å²) < 4.78 is 0. The summed E-state index contributed by atoms with van der Waals surface area (Å²) in [4.78, 5) is 31.6. The highest BCUT2D eigenvalue weighted by atomic mass is 32.2. The number of ketones is 1. The van der Waals surface area contributed by atoms with Gasteiger partial charge in [0.25, 0.3) is 0 Å². The fraction of sp³-hybridized carbons (Fsp3) is 0.333. The van der Waals surface area contributed by atoms with Crippen molar-refractivity contribution in [1.29, 1.82) is 0 Å². The maximum Gasteiger partial charge on any atom is 0.182 e. The van der Waals surface area contributed by atoms with Gasteiger partial charge in [0, 0.05) is 24.9 Å². The predicted octanol–water partition coefficient (Wildman–Crippen LogP) is 3.51. The molecule has 1 aliphatic carbocycles.